The van der Waals surface area contributed by atoms with Gasteiger partial charge in [-0.25, -0.2) is 9.07 Å². The molecule has 0 spiro atoms. The van der Waals surface area contributed by atoms with Gasteiger partial charge in [-0.1, -0.05) is 30.3 Å². The molecule has 0 radical (unpaired) electrons. The molecule has 0 fully saturated rings. The standard InChI is InChI=1S/C19H18FN3O2/c1-22(12-14-7-6-8-15(20)11-14)19(24)18-17(25-2)13-23(21-18)16-9-4-3-5-10-16/h3-11,13H,12H2,1-2H3. The zero-order valence-corrected chi connectivity index (χ0v) is 14.0. The summed E-state index contributed by atoms with van der Waals surface area (Å²) in [7, 11) is 3.14. The summed E-state index contributed by atoms with van der Waals surface area (Å²) in [6.45, 7) is 0.276. The van der Waals surface area contributed by atoms with Crippen molar-refractivity contribution in [3.63, 3.8) is 0 Å². The number of rotatable bonds is 5. The molecule has 0 aliphatic carbocycles. The number of hydrogen-bond acceptors (Lipinski definition) is 3. The van der Waals surface area contributed by atoms with Crippen LogP contribution in [0.5, 0.6) is 5.75 Å². The van der Waals surface area contributed by atoms with Crippen molar-refractivity contribution in [3.05, 3.63) is 77.9 Å². The predicted molar refractivity (Wildman–Crippen MR) is 92.3 cm³/mol. The molecule has 25 heavy (non-hydrogen) atoms. The Hall–Kier alpha value is -3.15. The molecule has 0 saturated heterocycles. The minimum atomic E-state index is -0.329. The summed E-state index contributed by atoms with van der Waals surface area (Å²) >= 11 is 0. The first-order valence-corrected chi connectivity index (χ1v) is 7.77. The van der Waals surface area contributed by atoms with Crippen molar-refractivity contribution in [1.82, 2.24) is 14.7 Å². The van der Waals surface area contributed by atoms with E-state index in [-0.39, 0.29) is 24.0 Å². The van der Waals surface area contributed by atoms with E-state index in [4.69, 9.17) is 4.74 Å². The maximum absolute atomic E-state index is 13.3. The van der Waals surface area contributed by atoms with Crippen molar-refractivity contribution in [1.29, 1.82) is 0 Å². The van der Waals surface area contributed by atoms with Gasteiger partial charge < -0.3 is 9.64 Å². The molecule has 0 unspecified atom stereocenters. The monoisotopic (exact) mass is 339 g/mol. The molecule has 5 nitrogen and oxygen atoms in total. The molecule has 0 bridgehead atoms. The summed E-state index contributed by atoms with van der Waals surface area (Å²) in [5.74, 6) is -0.236. The molecule has 0 saturated carbocycles. The van der Waals surface area contributed by atoms with Crippen LogP contribution in [0, 0.1) is 5.82 Å². The Kier molecular flexibility index (Phi) is 4.79. The molecule has 1 aromatic heterocycles. The van der Waals surface area contributed by atoms with E-state index in [0.29, 0.717) is 11.3 Å². The lowest BCUT2D eigenvalue weighted by atomic mass is 10.2. The molecule has 0 aliphatic rings. The highest BCUT2D eigenvalue weighted by Crippen LogP contribution is 2.21. The van der Waals surface area contributed by atoms with E-state index in [1.54, 1.807) is 30.1 Å². The Morgan fingerprint density at radius 1 is 1.20 bits per heavy atom. The van der Waals surface area contributed by atoms with Crippen molar-refractivity contribution in [2.45, 2.75) is 6.54 Å². The van der Waals surface area contributed by atoms with Crippen LogP contribution in [0.2, 0.25) is 0 Å². The molecule has 0 atom stereocenters. The average Bonchev–Trinajstić information content (AvgIpc) is 3.06. The normalized spacial score (nSPS) is 10.5. The molecule has 6 heteroatoms. The predicted octanol–water partition coefficient (Wildman–Crippen LogP) is 3.29. The molecule has 3 aromatic rings. The minimum absolute atomic E-state index is 0.213. The van der Waals surface area contributed by atoms with Crippen LogP contribution in [0.4, 0.5) is 4.39 Å². The molecular formula is C19H18FN3O2. The van der Waals surface area contributed by atoms with Gasteiger partial charge in [-0.3, -0.25) is 4.79 Å². The number of benzene rings is 2. The number of hydrogen-bond donors (Lipinski definition) is 0. The fourth-order valence-corrected chi connectivity index (χ4v) is 2.53. The molecule has 0 aliphatic heterocycles. The SMILES string of the molecule is COc1cn(-c2ccccc2)nc1C(=O)N(C)Cc1cccc(F)c1. The number of halogens is 1. The van der Waals surface area contributed by atoms with Gasteiger partial charge in [-0.15, -0.1) is 0 Å². The van der Waals surface area contributed by atoms with E-state index in [1.165, 1.54) is 24.1 Å². The summed E-state index contributed by atoms with van der Waals surface area (Å²) in [4.78, 5) is 14.2. The summed E-state index contributed by atoms with van der Waals surface area (Å²) in [6.07, 6.45) is 1.67. The fourth-order valence-electron chi connectivity index (χ4n) is 2.53. The van der Waals surface area contributed by atoms with Crippen molar-refractivity contribution in [2.75, 3.05) is 14.2 Å². The van der Waals surface area contributed by atoms with E-state index >= 15 is 0 Å². The van der Waals surface area contributed by atoms with Gasteiger partial charge in [0.1, 0.15) is 5.82 Å². The largest absolute Gasteiger partial charge is 0.493 e. The number of amides is 1. The Morgan fingerprint density at radius 2 is 1.96 bits per heavy atom. The second kappa shape index (κ2) is 7.17. The Balaban J connectivity index is 1.85. The number of methoxy groups -OCH3 is 1. The lowest BCUT2D eigenvalue weighted by Crippen LogP contribution is -2.27. The zero-order valence-electron chi connectivity index (χ0n) is 14.0. The highest BCUT2D eigenvalue weighted by molar-refractivity contribution is 5.94. The maximum atomic E-state index is 13.3. The highest BCUT2D eigenvalue weighted by atomic mass is 19.1. The second-order valence-corrected chi connectivity index (χ2v) is 5.62. The summed E-state index contributed by atoms with van der Waals surface area (Å²) in [5, 5.41) is 4.36. The van der Waals surface area contributed by atoms with Crippen molar-refractivity contribution in [3.8, 4) is 11.4 Å². The topological polar surface area (TPSA) is 47.4 Å². The quantitative estimate of drug-likeness (QED) is 0.717. The third-order valence-electron chi connectivity index (χ3n) is 3.78. The van der Waals surface area contributed by atoms with Crippen molar-refractivity contribution < 1.29 is 13.9 Å². The lowest BCUT2D eigenvalue weighted by molar-refractivity contribution is 0.0775. The number of carbonyl (C=O) groups is 1. The number of aromatic nitrogens is 2. The molecule has 2 aromatic carbocycles. The van der Waals surface area contributed by atoms with Crippen LogP contribution in [0.1, 0.15) is 16.1 Å². The van der Waals surface area contributed by atoms with Gasteiger partial charge in [0, 0.05) is 13.6 Å². The second-order valence-electron chi connectivity index (χ2n) is 5.62. The molecule has 128 valence electrons. The zero-order chi connectivity index (χ0) is 17.8. The number of nitrogens with zero attached hydrogens (tertiary/aromatic N) is 3. The van der Waals surface area contributed by atoms with Crippen LogP contribution in [0.15, 0.2) is 60.8 Å². The third-order valence-corrected chi connectivity index (χ3v) is 3.78. The summed E-state index contributed by atoms with van der Waals surface area (Å²) in [6, 6.07) is 15.6. The van der Waals surface area contributed by atoms with Crippen LogP contribution >= 0.6 is 0 Å². The van der Waals surface area contributed by atoms with Crippen LogP contribution < -0.4 is 4.74 Å². The minimum Gasteiger partial charge on any atom is -0.493 e. The van der Waals surface area contributed by atoms with Gasteiger partial charge in [0.15, 0.2) is 11.4 Å². The molecule has 3 rings (SSSR count). The summed E-state index contributed by atoms with van der Waals surface area (Å²) in [5.41, 5.74) is 1.75. The van der Waals surface area contributed by atoms with Crippen LogP contribution in [-0.4, -0.2) is 34.7 Å². The van der Waals surface area contributed by atoms with E-state index in [0.717, 1.165) is 5.69 Å². The van der Waals surface area contributed by atoms with Crippen molar-refractivity contribution >= 4 is 5.91 Å². The summed E-state index contributed by atoms with van der Waals surface area (Å²) < 4.78 is 20.2. The van der Waals surface area contributed by atoms with E-state index in [1.807, 2.05) is 30.3 Å². The first kappa shape index (κ1) is 16.7. The van der Waals surface area contributed by atoms with E-state index in [2.05, 4.69) is 5.10 Å². The Morgan fingerprint density at radius 3 is 2.64 bits per heavy atom. The van der Waals surface area contributed by atoms with Crippen LogP contribution in [0.3, 0.4) is 0 Å². The van der Waals surface area contributed by atoms with Crippen LogP contribution in [-0.2, 0) is 6.54 Å². The Bertz CT molecular complexity index is 877. The molecule has 0 N–H and O–H groups in total. The maximum Gasteiger partial charge on any atom is 0.278 e. The van der Waals surface area contributed by atoms with Gasteiger partial charge in [-0.05, 0) is 29.8 Å². The fraction of sp³-hybridized carbons (Fsp3) is 0.158. The smallest absolute Gasteiger partial charge is 0.278 e. The first-order valence-electron chi connectivity index (χ1n) is 7.77. The highest BCUT2D eigenvalue weighted by Gasteiger charge is 2.22. The van der Waals surface area contributed by atoms with E-state index in [9.17, 15) is 9.18 Å². The van der Waals surface area contributed by atoms with E-state index < -0.39 is 0 Å². The molecular weight excluding hydrogens is 321 g/mol. The van der Waals surface area contributed by atoms with Gasteiger partial charge >= 0.3 is 0 Å². The first-order chi connectivity index (χ1) is 12.1. The van der Waals surface area contributed by atoms with Gasteiger partial charge in [0.2, 0.25) is 0 Å². The lowest BCUT2D eigenvalue weighted by Gasteiger charge is -2.16. The number of para-hydroxylation sites is 1. The van der Waals surface area contributed by atoms with Crippen molar-refractivity contribution in [2.24, 2.45) is 0 Å². The average molecular weight is 339 g/mol. The molecule has 1 heterocycles. The van der Waals surface area contributed by atoms with Gasteiger partial charge in [0.05, 0.1) is 19.0 Å². The Labute approximate surface area is 145 Å². The number of carbonyl (C=O) groups excluding carboxylic acids is 1. The van der Waals surface area contributed by atoms with Gasteiger partial charge in [-0.2, -0.15) is 5.10 Å². The molecule has 1 amide bonds. The number of ether oxygens (including phenoxy) is 1. The third kappa shape index (κ3) is 3.68. The van der Waals surface area contributed by atoms with Crippen LogP contribution in [0.25, 0.3) is 5.69 Å². The van der Waals surface area contributed by atoms with Gasteiger partial charge in [0.25, 0.3) is 5.91 Å².